The Balaban J connectivity index is 2.42. The van der Waals surface area contributed by atoms with Crippen LogP contribution in [0.4, 0.5) is 0 Å². The van der Waals surface area contributed by atoms with Gasteiger partial charge in [-0.15, -0.1) is 0 Å². The van der Waals surface area contributed by atoms with E-state index < -0.39 is 0 Å². The highest BCUT2D eigenvalue weighted by Crippen LogP contribution is 2.36. The Hall–Kier alpha value is -1.06. The third-order valence-corrected chi connectivity index (χ3v) is 2.90. The summed E-state index contributed by atoms with van der Waals surface area (Å²) >= 11 is 6.03. The van der Waals surface area contributed by atoms with Crippen LogP contribution < -0.4 is 4.74 Å². The fraction of sp³-hybridized carbons (Fsp3) is 0.417. The van der Waals surface area contributed by atoms with Crippen LogP contribution in [-0.4, -0.2) is 13.1 Å². The molecule has 1 atom stereocenters. The van der Waals surface area contributed by atoms with E-state index in [1.54, 1.807) is 0 Å². The topological polar surface area (TPSA) is 35.5 Å². The first kappa shape index (κ1) is 11.4. The van der Waals surface area contributed by atoms with Crippen molar-refractivity contribution >= 4 is 17.9 Å². The zero-order valence-electron chi connectivity index (χ0n) is 9.03. The van der Waals surface area contributed by atoms with Crippen LogP contribution in [0, 0.1) is 0 Å². The lowest BCUT2D eigenvalue weighted by Gasteiger charge is -2.23. The van der Waals surface area contributed by atoms with Gasteiger partial charge < -0.3 is 14.3 Å². The van der Waals surface area contributed by atoms with E-state index in [1.807, 2.05) is 19.1 Å². The van der Waals surface area contributed by atoms with E-state index >= 15 is 0 Å². The van der Waals surface area contributed by atoms with Gasteiger partial charge in [-0.3, -0.25) is 0 Å². The molecule has 1 heterocycles. The lowest BCUT2D eigenvalue weighted by molar-refractivity contribution is -0.108. The SMILES string of the molecule is CC(CC=O)c1cc(Cl)cc2c1OCOC2. The van der Waals surface area contributed by atoms with Gasteiger partial charge in [-0.05, 0) is 23.6 Å². The Morgan fingerprint density at radius 2 is 2.38 bits per heavy atom. The molecule has 0 bridgehead atoms. The lowest BCUT2D eigenvalue weighted by atomic mass is 9.95. The van der Waals surface area contributed by atoms with Gasteiger partial charge in [0.25, 0.3) is 0 Å². The van der Waals surface area contributed by atoms with Crippen molar-refractivity contribution in [2.75, 3.05) is 6.79 Å². The molecule has 0 spiro atoms. The molecule has 16 heavy (non-hydrogen) atoms. The van der Waals surface area contributed by atoms with E-state index in [2.05, 4.69) is 0 Å². The maximum absolute atomic E-state index is 10.5. The van der Waals surface area contributed by atoms with E-state index in [1.165, 1.54) is 0 Å². The van der Waals surface area contributed by atoms with Crippen LogP contribution in [0.15, 0.2) is 12.1 Å². The Morgan fingerprint density at radius 1 is 1.56 bits per heavy atom. The number of aldehydes is 1. The van der Waals surface area contributed by atoms with Crippen LogP contribution in [0.25, 0.3) is 0 Å². The average molecular weight is 241 g/mol. The summed E-state index contributed by atoms with van der Waals surface area (Å²) in [5.41, 5.74) is 1.93. The Kier molecular flexibility index (Phi) is 3.46. The van der Waals surface area contributed by atoms with Gasteiger partial charge in [0.1, 0.15) is 12.0 Å². The van der Waals surface area contributed by atoms with E-state index in [4.69, 9.17) is 21.1 Å². The van der Waals surface area contributed by atoms with Gasteiger partial charge in [-0.1, -0.05) is 18.5 Å². The first-order valence-electron chi connectivity index (χ1n) is 5.19. The quantitative estimate of drug-likeness (QED) is 0.762. The molecule has 0 saturated heterocycles. The van der Waals surface area contributed by atoms with E-state index in [9.17, 15) is 4.79 Å². The molecule has 3 nitrogen and oxygen atoms in total. The normalized spacial score (nSPS) is 16.1. The highest BCUT2D eigenvalue weighted by atomic mass is 35.5. The summed E-state index contributed by atoms with van der Waals surface area (Å²) in [7, 11) is 0. The van der Waals surface area contributed by atoms with Crippen molar-refractivity contribution in [2.24, 2.45) is 0 Å². The van der Waals surface area contributed by atoms with Crippen molar-refractivity contribution in [3.8, 4) is 5.75 Å². The average Bonchev–Trinajstić information content (AvgIpc) is 2.28. The van der Waals surface area contributed by atoms with Crippen molar-refractivity contribution in [3.63, 3.8) is 0 Å². The smallest absolute Gasteiger partial charge is 0.189 e. The van der Waals surface area contributed by atoms with Crippen LogP contribution in [0.2, 0.25) is 5.02 Å². The van der Waals surface area contributed by atoms with Crippen molar-refractivity contribution in [1.29, 1.82) is 0 Å². The Morgan fingerprint density at radius 3 is 3.12 bits per heavy atom. The Labute approximate surface area is 99.3 Å². The number of ether oxygens (including phenoxy) is 2. The number of benzene rings is 1. The molecule has 2 rings (SSSR count). The first-order valence-corrected chi connectivity index (χ1v) is 5.56. The monoisotopic (exact) mass is 240 g/mol. The molecule has 1 aromatic carbocycles. The molecule has 0 aromatic heterocycles. The molecule has 0 saturated carbocycles. The number of hydrogen-bond donors (Lipinski definition) is 0. The molecule has 0 fully saturated rings. The van der Waals surface area contributed by atoms with E-state index in [0.29, 0.717) is 18.1 Å². The summed E-state index contributed by atoms with van der Waals surface area (Å²) in [5, 5.41) is 0.653. The standard InChI is InChI=1S/C12H13ClO3/c1-8(2-3-14)11-5-10(13)4-9-6-15-7-16-12(9)11/h3-5,8H,2,6-7H2,1H3. The van der Waals surface area contributed by atoms with Crippen molar-refractivity contribution < 1.29 is 14.3 Å². The minimum atomic E-state index is 0.114. The van der Waals surface area contributed by atoms with E-state index in [0.717, 1.165) is 23.2 Å². The second kappa shape index (κ2) is 4.85. The number of halogens is 1. The molecule has 1 unspecified atom stereocenters. The van der Waals surface area contributed by atoms with Crippen molar-refractivity contribution in [1.82, 2.24) is 0 Å². The summed E-state index contributed by atoms with van der Waals surface area (Å²) in [6.07, 6.45) is 1.38. The molecule has 1 aliphatic heterocycles. The third kappa shape index (κ3) is 2.20. The van der Waals surface area contributed by atoms with Crippen LogP contribution in [0.3, 0.4) is 0 Å². The minimum absolute atomic E-state index is 0.114. The molecular weight excluding hydrogens is 228 g/mol. The minimum Gasteiger partial charge on any atom is -0.467 e. The van der Waals surface area contributed by atoms with Crippen molar-refractivity contribution in [2.45, 2.75) is 25.9 Å². The van der Waals surface area contributed by atoms with Gasteiger partial charge in [0.2, 0.25) is 0 Å². The second-order valence-electron chi connectivity index (χ2n) is 3.90. The predicted octanol–water partition coefficient (Wildman–Crippen LogP) is 2.90. The van der Waals surface area contributed by atoms with Crippen molar-refractivity contribution in [3.05, 3.63) is 28.3 Å². The van der Waals surface area contributed by atoms with Gasteiger partial charge in [-0.25, -0.2) is 0 Å². The summed E-state index contributed by atoms with van der Waals surface area (Å²) < 4.78 is 10.7. The van der Waals surface area contributed by atoms with Gasteiger partial charge in [0.15, 0.2) is 6.79 Å². The third-order valence-electron chi connectivity index (χ3n) is 2.68. The molecule has 4 heteroatoms. The van der Waals surface area contributed by atoms with Gasteiger partial charge in [-0.2, -0.15) is 0 Å². The molecule has 86 valence electrons. The maximum Gasteiger partial charge on any atom is 0.189 e. The highest BCUT2D eigenvalue weighted by molar-refractivity contribution is 6.30. The van der Waals surface area contributed by atoms with Crippen LogP contribution in [-0.2, 0) is 16.1 Å². The zero-order chi connectivity index (χ0) is 11.5. The summed E-state index contributed by atoms with van der Waals surface area (Å²) in [6, 6.07) is 3.70. The fourth-order valence-electron chi connectivity index (χ4n) is 1.85. The van der Waals surface area contributed by atoms with Crippen LogP contribution in [0.5, 0.6) is 5.75 Å². The number of carbonyl (C=O) groups excluding carboxylic acids is 1. The van der Waals surface area contributed by atoms with Gasteiger partial charge in [0.05, 0.1) is 6.61 Å². The first-order chi connectivity index (χ1) is 7.72. The highest BCUT2D eigenvalue weighted by Gasteiger charge is 2.19. The van der Waals surface area contributed by atoms with Gasteiger partial charge in [0, 0.05) is 17.0 Å². The number of fused-ring (bicyclic) bond motifs is 1. The molecule has 1 aliphatic rings. The maximum atomic E-state index is 10.5. The fourth-order valence-corrected chi connectivity index (χ4v) is 2.10. The molecule has 0 N–H and O–H groups in total. The number of carbonyl (C=O) groups is 1. The Bertz CT molecular complexity index is 403. The largest absolute Gasteiger partial charge is 0.467 e. The molecule has 0 amide bonds. The predicted molar refractivity (Wildman–Crippen MR) is 60.8 cm³/mol. The van der Waals surface area contributed by atoms with Gasteiger partial charge >= 0.3 is 0 Å². The summed E-state index contributed by atoms with van der Waals surface area (Å²) in [6.45, 7) is 2.76. The van der Waals surface area contributed by atoms with Crippen LogP contribution >= 0.6 is 11.6 Å². The molecular formula is C12H13ClO3. The van der Waals surface area contributed by atoms with E-state index in [-0.39, 0.29) is 12.7 Å². The molecule has 0 radical (unpaired) electrons. The summed E-state index contributed by atoms with van der Waals surface area (Å²) in [5.74, 6) is 0.938. The zero-order valence-corrected chi connectivity index (χ0v) is 9.79. The molecule has 1 aromatic rings. The summed E-state index contributed by atoms with van der Waals surface area (Å²) in [4.78, 5) is 10.5. The molecule has 0 aliphatic carbocycles. The van der Waals surface area contributed by atoms with Crippen LogP contribution in [0.1, 0.15) is 30.4 Å². The lowest BCUT2D eigenvalue weighted by Crippen LogP contribution is -2.14. The number of hydrogen-bond acceptors (Lipinski definition) is 3. The number of rotatable bonds is 3. The second-order valence-corrected chi connectivity index (χ2v) is 4.33.